The number of benzene rings is 8. The van der Waals surface area contributed by atoms with E-state index in [0.717, 1.165) is 6.42 Å². The third-order valence-electron chi connectivity index (χ3n) is 11.8. The maximum atomic E-state index is 2.61. The summed E-state index contributed by atoms with van der Waals surface area (Å²) in [6.07, 6.45) is 9.70. The van der Waals surface area contributed by atoms with Crippen LogP contribution in [0.4, 0.5) is 0 Å². The Bertz CT molecular complexity index is 2660. The van der Waals surface area contributed by atoms with Crippen LogP contribution in [0.2, 0.25) is 0 Å². The first kappa shape index (κ1) is 30.6. The molecule has 0 saturated carbocycles. The van der Waals surface area contributed by atoms with Crippen molar-refractivity contribution < 1.29 is 0 Å². The second kappa shape index (κ2) is 11.9. The summed E-state index contributed by atoms with van der Waals surface area (Å²) in [5.41, 5.74) is 13.8. The van der Waals surface area contributed by atoms with Crippen molar-refractivity contribution in [2.45, 2.75) is 24.2 Å². The first-order valence-electron chi connectivity index (χ1n) is 18.5. The molecule has 246 valence electrons. The van der Waals surface area contributed by atoms with Crippen LogP contribution >= 0.6 is 0 Å². The molecule has 0 heterocycles. The lowest BCUT2D eigenvalue weighted by atomic mass is 9.66. The van der Waals surface area contributed by atoms with Gasteiger partial charge in [0.1, 0.15) is 0 Å². The predicted molar refractivity (Wildman–Crippen MR) is 219 cm³/mol. The van der Waals surface area contributed by atoms with E-state index >= 15 is 0 Å². The number of allylic oxidation sites excluding steroid dienone is 4. The van der Waals surface area contributed by atoms with Gasteiger partial charge in [-0.2, -0.15) is 0 Å². The van der Waals surface area contributed by atoms with E-state index in [9.17, 15) is 0 Å². The zero-order valence-corrected chi connectivity index (χ0v) is 29.3. The van der Waals surface area contributed by atoms with Crippen LogP contribution in [0.1, 0.15) is 52.3 Å². The molecule has 0 radical (unpaired) electrons. The van der Waals surface area contributed by atoms with Crippen LogP contribution < -0.4 is 0 Å². The zero-order valence-electron chi connectivity index (χ0n) is 29.3. The van der Waals surface area contributed by atoms with E-state index in [1.54, 1.807) is 0 Å². The van der Waals surface area contributed by atoms with Crippen LogP contribution in [0.5, 0.6) is 0 Å². The number of hydrogen-bond donors (Lipinski definition) is 0. The minimum atomic E-state index is -0.499. The highest BCUT2D eigenvalue weighted by Gasteiger charge is 2.51. The third-order valence-corrected chi connectivity index (χ3v) is 11.8. The van der Waals surface area contributed by atoms with Crippen molar-refractivity contribution in [3.63, 3.8) is 0 Å². The highest BCUT2D eigenvalue weighted by Crippen LogP contribution is 2.63. The SMILES string of the molecule is CC=CC=CCC1(c2ccccc2)c2cc3c(cc2-c2c1ccc1ccccc21)C(c1ccccc1)(c1ccccc1)c1ccc2ccccc2c1-3. The molecule has 0 spiro atoms. The minimum Gasteiger partial charge on any atom is -0.0877 e. The average Bonchev–Trinajstić information content (AvgIpc) is 3.67. The first-order valence-corrected chi connectivity index (χ1v) is 18.5. The Labute approximate surface area is 306 Å². The number of fused-ring (bicyclic) bond motifs is 10. The molecule has 0 nitrogen and oxygen atoms in total. The van der Waals surface area contributed by atoms with Crippen LogP contribution in [0.15, 0.2) is 200 Å². The summed E-state index contributed by atoms with van der Waals surface area (Å²) >= 11 is 0. The van der Waals surface area contributed by atoms with Crippen molar-refractivity contribution in [2.24, 2.45) is 0 Å². The quantitative estimate of drug-likeness (QED) is 0.155. The Balaban J connectivity index is 1.41. The van der Waals surface area contributed by atoms with Gasteiger partial charge in [-0.05, 0) is 108 Å². The smallest absolute Gasteiger partial charge is 0.0714 e. The lowest BCUT2D eigenvalue weighted by Crippen LogP contribution is -2.29. The van der Waals surface area contributed by atoms with Crippen LogP contribution in [0.3, 0.4) is 0 Å². The van der Waals surface area contributed by atoms with Crippen LogP contribution in [0.25, 0.3) is 43.8 Å². The molecule has 0 heteroatoms. The summed E-state index contributed by atoms with van der Waals surface area (Å²) in [6, 6.07) is 66.2. The van der Waals surface area contributed by atoms with Gasteiger partial charge in [-0.3, -0.25) is 0 Å². The van der Waals surface area contributed by atoms with Gasteiger partial charge in [-0.25, -0.2) is 0 Å². The van der Waals surface area contributed by atoms with Gasteiger partial charge in [0.25, 0.3) is 0 Å². The fourth-order valence-electron chi connectivity index (χ4n) is 9.73. The Morgan fingerprint density at radius 1 is 0.423 bits per heavy atom. The van der Waals surface area contributed by atoms with Gasteiger partial charge in [0.2, 0.25) is 0 Å². The topological polar surface area (TPSA) is 0 Å². The van der Waals surface area contributed by atoms with Crippen LogP contribution in [-0.4, -0.2) is 0 Å². The Morgan fingerprint density at radius 3 is 1.50 bits per heavy atom. The fraction of sp³-hybridized carbons (Fsp3) is 0.0769. The van der Waals surface area contributed by atoms with Crippen molar-refractivity contribution in [1.82, 2.24) is 0 Å². The van der Waals surface area contributed by atoms with Gasteiger partial charge >= 0.3 is 0 Å². The normalized spacial score (nSPS) is 16.7. The third kappa shape index (κ3) is 4.16. The van der Waals surface area contributed by atoms with Crippen molar-refractivity contribution in [3.8, 4) is 22.3 Å². The first-order chi connectivity index (χ1) is 25.8. The highest BCUT2D eigenvalue weighted by atomic mass is 14.5. The standard InChI is InChI=1S/C52H38/c1-2-3-4-18-33-51(38-21-8-5-9-22-38)45-31-29-36-19-14-16-27-41(36)49(45)43-35-48-44(34-47(43)51)50-42-28-17-15-20-37(42)30-32-46(50)52(48,39-23-10-6-11-24-39)40-25-12-7-13-26-40/h2-32,34-35H,33H2,1H3. The molecule has 8 aromatic carbocycles. The monoisotopic (exact) mass is 662 g/mol. The van der Waals surface area contributed by atoms with E-state index in [4.69, 9.17) is 0 Å². The fourth-order valence-corrected chi connectivity index (χ4v) is 9.73. The summed E-state index contributed by atoms with van der Waals surface area (Å²) < 4.78 is 0. The molecule has 0 fully saturated rings. The van der Waals surface area contributed by atoms with Crippen LogP contribution in [0, 0.1) is 0 Å². The second-order valence-electron chi connectivity index (χ2n) is 14.3. The molecule has 0 aromatic heterocycles. The van der Waals surface area contributed by atoms with Gasteiger partial charge in [0.15, 0.2) is 0 Å². The lowest BCUT2D eigenvalue weighted by molar-refractivity contribution is 0.645. The summed E-state index contributed by atoms with van der Waals surface area (Å²) in [6.45, 7) is 2.08. The minimum absolute atomic E-state index is 0.376. The molecule has 8 aromatic rings. The number of rotatable bonds is 6. The Morgan fingerprint density at radius 2 is 0.904 bits per heavy atom. The number of hydrogen-bond acceptors (Lipinski definition) is 0. The van der Waals surface area contributed by atoms with E-state index in [2.05, 4.69) is 207 Å². The summed E-state index contributed by atoms with van der Waals surface area (Å²) in [7, 11) is 0. The largest absolute Gasteiger partial charge is 0.0877 e. The zero-order chi connectivity index (χ0) is 34.7. The molecule has 1 unspecified atom stereocenters. The van der Waals surface area contributed by atoms with E-state index in [1.807, 2.05) is 0 Å². The highest BCUT2D eigenvalue weighted by molar-refractivity contribution is 6.08. The summed E-state index contributed by atoms with van der Waals surface area (Å²) in [4.78, 5) is 0. The van der Waals surface area contributed by atoms with Crippen molar-refractivity contribution in [3.05, 3.63) is 239 Å². The maximum absolute atomic E-state index is 2.61. The van der Waals surface area contributed by atoms with Gasteiger partial charge < -0.3 is 0 Å². The maximum Gasteiger partial charge on any atom is 0.0714 e. The second-order valence-corrected chi connectivity index (χ2v) is 14.3. The lowest BCUT2D eigenvalue weighted by Gasteiger charge is -2.35. The summed E-state index contributed by atoms with van der Waals surface area (Å²) in [5, 5.41) is 5.15. The molecule has 1 atom stereocenters. The van der Waals surface area contributed by atoms with Crippen molar-refractivity contribution in [2.75, 3.05) is 0 Å². The van der Waals surface area contributed by atoms with E-state index in [1.165, 1.54) is 82.7 Å². The van der Waals surface area contributed by atoms with Gasteiger partial charge in [0, 0.05) is 5.41 Å². The van der Waals surface area contributed by atoms with Crippen molar-refractivity contribution in [1.29, 1.82) is 0 Å². The molecule has 2 aliphatic carbocycles. The van der Waals surface area contributed by atoms with E-state index in [-0.39, 0.29) is 5.41 Å². The molecule has 0 amide bonds. The Hall–Kier alpha value is -6.24. The van der Waals surface area contributed by atoms with Crippen LogP contribution in [-0.2, 0) is 10.8 Å². The predicted octanol–water partition coefficient (Wildman–Crippen LogP) is 13.2. The molecule has 52 heavy (non-hydrogen) atoms. The molecule has 0 N–H and O–H groups in total. The van der Waals surface area contributed by atoms with E-state index in [0.29, 0.717) is 0 Å². The van der Waals surface area contributed by atoms with E-state index < -0.39 is 5.41 Å². The Kier molecular flexibility index (Phi) is 7.01. The molecule has 10 rings (SSSR count). The summed E-state index contributed by atoms with van der Waals surface area (Å²) in [5.74, 6) is 0. The molecular formula is C52H38. The van der Waals surface area contributed by atoms with Gasteiger partial charge in [-0.1, -0.05) is 188 Å². The molecule has 2 aliphatic rings. The van der Waals surface area contributed by atoms with Gasteiger partial charge in [-0.15, -0.1) is 0 Å². The van der Waals surface area contributed by atoms with Gasteiger partial charge in [0.05, 0.1) is 5.41 Å². The molecular weight excluding hydrogens is 625 g/mol. The van der Waals surface area contributed by atoms with Crippen molar-refractivity contribution >= 4 is 21.5 Å². The average molecular weight is 663 g/mol. The molecule has 0 saturated heterocycles. The molecule has 0 aliphatic heterocycles. The molecule has 0 bridgehead atoms.